The predicted molar refractivity (Wildman–Crippen MR) is 198 cm³/mol. The van der Waals surface area contributed by atoms with Crippen LogP contribution in [0.1, 0.15) is 51.1 Å². The number of nitrogens with one attached hydrogen (secondary N) is 1. The first-order chi connectivity index (χ1) is 23.6. The van der Waals surface area contributed by atoms with Gasteiger partial charge in [0.15, 0.2) is 5.75 Å². The van der Waals surface area contributed by atoms with Crippen molar-refractivity contribution in [2.75, 3.05) is 50.5 Å². The van der Waals surface area contributed by atoms with Crippen molar-refractivity contribution in [3.05, 3.63) is 125 Å². The highest BCUT2D eigenvalue weighted by molar-refractivity contribution is 6.30. The molecule has 1 aliphatic rings. The largest absolute Gasteiger partial charge is 0.463 e. The van der Waals surface area contributed by atoms with Crippen molar-refractivity contribution in [3.8, 4) is 16.9 Å². The molecule has 4 aromatic carbocycles. The number of amides is 3. The molecule has 8 nitrogen and oxygen atoms in total. The van der Waals surface area contributed by atoms with Gasteiger partial charge >= 0.3 is 0 Å². The van der Waals surface area contributed by atoms with Crippen LogP contribution in [0, 0.1) is 13.8 Å². The fourth-order valence-electron chi connectivity index (χ4n) is 5.73. The second-order valence-electron chi connectivity index (χ2n) is 12.4. The average Bonchev–Trinajstić information content (AvgIpc) is 3.10. The number of carbonyl (C=O) groups excluding carboxylic acids is 3. The third-order valence-electron chi connectivity index (χ3n) is 8.75. The van der Waals surface area contributed by atoms with Crippen molar-refractivity contribution in [2.45, 2.75) is 33.1 Å². The number of piperazine rings is 1. The van der Waals surface area contributed by atoms with Crippen molar-refractivity contribution in [2.24, 2.45) is 0 Å². The van der Waals surface area contributed by atoms with Crippen LogP contribution in [-0.2, 0) is 4.79 Å². The summed E-state index contributed by atoms with van der Waals surface area (Å²) < 4.78 is 5.93. The first-order valence-corrected chi connectivity index (χ1v) is 16.9. The summed E-state index contributed by atoms with van der Waals surface area (Å²) >= 11 is 6.29. The van der Waals surface area contributed by atoms with Gasteiger partial charge in [0.2, 0.25) is 5.91 Å². The third kappa shape index (κ3) is 9.16. The van der Waals surface area contributed by atoms with Crippen LogP contribution in [-0.4, -0.2) is 67.8 Å². The zero-order valence-corrected chi connectivity index (χ0v) is 29.3. The first-order valence-electron chi connectivity index (χ1n) is 16.5. The minimum atomic E-state index is -0.246. The summed E-state index contributed by atoms with van der Waals surface area (Å²) in [5.41, 5.74) is 5.90. The number of halogens is 1. The number of likely N-dealkylation sites (N-methyl/N-ethyl adjacent to an activating group) is 1. The number of ether oxygens (including phenoxy) is 1. The van der Waals surface area contributed by atoms with Gasteiger partial charge in [-0.1, -0.05) is 59.6 Å². The molecule has 0 atom stereocenters. The van der Waals surface area contributed by atoms with Gasteiger partial charge in [-0.05, 0) is 92.9 Å². The van der Waals surface area contributed by atoms with E-state index in [-0.39, 0.29) is 17.7 Å². The van der Waals surface area contributed by atoms with Gasteiger partial charge in [-0.3, -0.25) is 14.4 Å². The van der Waals surface area contributed by atoms with Crippen LogP contribution < -0.4 is 15.0 Å². The Labute approximate surface area is 293 Å². The van der Waals surface area contributed by atoms with E-state index in [1.807, 2.05) is 73.4 Å². The van der Waals surface area contributed by atoms with Crippen LogP contribution in [0.25, 0.3) is 11.1 Å². The number of rotatable bonds is 11. The molecule has 1 aliphatic heterocycles. The summed E-state index contributed by atoms with van der Waals surface area (Å²) in [6.07, 6.45) is 5.35. The van der Waals surface area contributed by atoms with Crippen molar-refractivity contribution in [1.29, 1.82) is 0 Å². The summed E-state index contributed by atoms with van der Waals surface area (Å²) in [4.78, 5) is 45.2. The van der Waals surface area contributed by atoms with Gasteiger partial charge in [0.05, 0.1) is 11.9 Å². The SMILES string of the molecule is Cc1ccc(-c2ccccc2C(=O)Nc2ccc(C(=O)N(C)c3ccc(Cl)cc3OC=CCCCC(=O)N3CCN(C)CC3)cc2C)cc1. The smallest absolute Gasteiger partial charge is 0.258 e. The van der Waals surface area contributed by atoms with Gasteiger partial charge in [-0.25, -0.2) is 0 Å². The number of anilines is 2. The number of nitrogens with zero attached hydrogens (tertiary/aromatic N) is 3. The van der Waals surface area contributed by atoms with Crippen molar-refractivity contribution in [1.82, 2.24) is 9.80 Å². The number of hydrogen-bond donors (Lipinski definition) is 1. The second-order valence-corrected chi connectivity index (χ2v) is 12.9. The predicted octanol–water partition coefficient (Wildman–Crippen LogP) is 7.99. The lowest BCUT2D eigenvalue weighted by molar-refractivity contribution is -0.132. The molecule has 1 heterocycles. The zero-order valence-electron chi connectivity index (χ0n) is 28.5. The molecule has 0 aromatic heterocycles. The maximum atomic E-state index is 13.6. The average molecular weight is 679 g/mol. The van der Waals surface area contributed by atoms with Gasteiger partial charge < -0.3 is 24.8 Å². The molecule has 5 rings (SSSR count). The topological polar surface area (TPSA) is 82.2 Å². The van der Waals surface area contributed by atoms with E-state index in [2.05, 4.69) is 17.3 Å². The fourth-order valence-corrected chi connectivity index (χ4v) is 5.89. The van der Waals surface area contributed by atoms with Gasteiger partial charge in [-0.2, -0.15) is 0 Å². The van der Waals surface area contributed by atoms with Crippen molar-refractivity contribution < 1.29 is 19.1 Å². The fraction of sp³-hybridized carbons (Fsp3) is 0.275. The van der Waals surface area contributed by atoms with Crippen molar-refractivity contribution >= 4 is 40.7 Å². The standard InChI is InChI=1S/C40H43ClN4O4/c1-28-13-15-30(16-14-28)33-10-7-8-11-34(33)39(47)42-35-19-17-31(26-29(35)2)40(48)44(4)36-20-18-32(41)27-37(36)49-25-9-5-6-12-38(46)45-23-21-43(3)22-24-45/h7-11,13-20,25-27H,5-6,12,21-24H2,1-4H3,(H,42,47). The molecule has 49 heavy (non-hydrogen) atoms. The lowest BCUT2D eigenvalue weighted by atomic mass is 9.98. The molecule has 0 aliphatic carbocycles. The summed E-state index contributed by atoms with van der Waals surface area (Å²) in [6.45, 7) is 7.27. The Bertz CT molecular complexity index is 1830. The molecular formula is C40H43ClN4O4. The minimum absolute atomic E-state index is 0.189. The van der Waals surface area contributed by atoms with E-state index in [4.69, 9.17) is 16.3 Å². The molecule has 4 aromatic rings. The maximum Gasteiger partial charge on any atom is 0.258 e. The van der Waals surface area contributed by atoms with Crippen LogP contribution in [0.5, 0.6) is 5.75 Å². The first kappa shape index (κ1) is 35.4. The summed E-state index contributed by atoms with van der Waals surface area (Å²) in [5.74, 6) is 0.145. The molecule has 1 N–H and O–H groups in total. The Morgan fingerprint density at radius 3 is 2.39 bits per heavy atom. The highest BCUT2D eigenvalue weighted by atomic mass is 35.5. The van der Waals surface area contributed by atoms with E-state index in [0.717, 1.165) is 54.9 Å². The van der Waals surface area contributed by atoms with E-state index >= 15 is 0 Å². The monoisotopic (exact) mass is 678 g/mol. The van der Waals surface area contributed by atoms with Crippen LogP contribution >= 0.6 is 11.6 Å². The summed E-state index contributed by atoms with van der Waals surface area (Å²) in [5, 5.41) is 3.50. The highest BCUT2D eigenvalue weighted by Gasteiger charge is 2.20. The Morgan fingerprint density at radius 2 is 1.65 bits per heavy atom. The Kier molecular flexibility index (Phi) is 11.9. The molecule has 0 bridgehead atoms. The van der Waals surface area contributed by atoms with Gasteiger partial charge in [-0.15, -0.1) is 0 Å². The van der Waals surface area contributed by atoms with E-state index in [1.54, 1.807) is 49.7 Å². The molecule has 0 radical (unpaired) electrons. The quantitative estimate of drug-likeness (QED) is 0.128. The van der Waals surface area contributed by atoms with E-state index in [1.165, 1.54) is 4.90 Å². The molecule has 9 heteroatoms. The van der Waals surface area contributed by atoms with Crippen LogP contribution in [0.3, 0.4) is 0 Å². The maximum absolute atomic E-state index is 13.6. The number of allylic oxidation sites excluding steroid dienone is 1. The third-order valence-corrected chi connectivity index (χ3v) is 8.99. The molecule has 0 unspecified atom stereocenters. The zero-order chi connectivity index (χ0) is 34.9. The van der Waals surface area contributed by atoms with E-state index in [9.17, 15) is 14.4 Å². The van der Waals surface area contributed by atoms with Crippen LogP contribution in [0.2, 0.25) is 5.02 Å². The molecule has 3 amide bonds. The van der Waals surface area contributed by atoms with Crippen LogP contribution in [0.15, 0.2) is 97.3 Å². The minimum Gasteiger partial charge on any atom is -0.463 e. The van der Waals surface area contributed by atoms with Crippen molar-refractivity contribution in [3.63, 3.8) is 0 Å². The number of benzene rings is 4. The van der Waals surface area contributed by atoms with E-state index < -0.39 is 0 Å². The van der Waals surface area contributed by atoms with Gasteiger partial charge in [0, 0.05) is 67.6 Å². The number of carbonyl (C=O) groups is 3. The normalized spacial score (nSPS) is 13.4. The Hall–Kier alpha value is -4.92. The lowest BCUT2D eigenvalue weighted by Crippen LogP contribution is -2.47. The van der Waals surface area contributed by atoms with Crippen LogP contribution in [0.4, 0.5) is 11.4 Å². The summed E-state index contributed by atoms with van der Waals surface area (Å²) in [6, 6.07) is 25.9. The Balaban J connectivity index is 1.20. The Morgan fingerprint density at radius 1 is 0.918 bits per heavy atom. The number of aryl methyl sites for hydroxylation is 2. The van der Waals surface area contributed by atoms with Gasteiger partial charge in [0.25, 0.3) is 11.8 Å². The van der Waals surface area contributed by atoms with Gasteiger partial charge in [0.1, 0.15) is 0 Å². The summed E-state index contributed by atoms with van der Waals surface area (Å²) in [7, 11) is 3.75. The number of unbranched alkanes of at least 4 members (excludes halogenated alkanes) is 1. The molecular weight excluding hydrogens is 636 g/mol. The highest BCUT2D eigenvalue weighted by Crippen LogP contribution is 2.33. The molecule has 254 valence electrons. The molecule has 0 saturated carbocycles. The molecule has 0 spiro atoms. The van der Waals surface area contributed by atoms with E-state index in [0.29, 0.717) is 46.1 Å². The number of hydrogen-bond acceptors (Lipinski definition) is 5. The lowest BCUT2D eigenvalue weighted by Gasteiger charge is -2.32. The second kappa shape index (κ2) is 16.5. The molecule has 1 saturated heterocycles. The molecule has 1 fully saturated rings.